The quantitative estimate of drug-likeness (QED) is 0.798. The summed E-state index contributed by atoms with van der Waals surface area (Å²) < 4.78 is 0. The van der Waals surface area contributed by atoms with Crippen LogP contribution in [0.15, 0.2) is 17.5 Å². The number of carbonyl (C=O) groups is 1. The molecule has 0 aliphatic heterocycles. The Morgan fingerprint density at radius 2 is 2.42 bits per heavy atom. The van der Waals surface area contributed by atoms with E-state index in [1.54, 1.807) is 6.92 Å². The predicted octanol–water partition coefficient (Wildman–Crippen LogP) is 2.05. The topological polar surface area (TPSA) is 49.3 Å². The molecule has 12 heavy (non-hydrogen) atoms. The lowest BCUT2D eigenvalue weighted by Gasteiger charge is -2.06. The molecule has 3 nitrogen and oxygen atoms in total. The Labute approximate surface area is 80.8 Å². The Kier molecular flexibility index (Phi) is 4.70. The predicted molar refractivity (Wildman–Crippen MR) is 52.3 cm³/mol. The summed E-state index contributed by atoms with van der Waals surface area (Å²) in [6, 6.07) is 3.21. The summed E-state index contributed by atoms with van der Waals surface area (Å²) in [5.74, 6) is -0.835. The second-order valence-corrected chi connectivity index (χ2v) is 3.13. The van der Waals surface area contributed by atoms with Gasteiger partial charge in [0.1, 0.15) is 6.04 Å². The van der Waals surface area contributed by atoms with Crippen LogP contribution in [0.1, 0.15) is 6.92 Å². The number of aliphatic carboxylic acids is 1. The van der Waals surface area contributed by atoms with Gasteiger partial charge in [0.25, 0.3) is 0 Å². The molecular formula is C7H10ClNO2S. The van der Waals surface area contributed by atoms with Gasteiger partial charge in [-0.25, -0.2) is 0 Å². The maximum absolute atomic E-state index is 10.4. The molecule has 0 bridgehead atoms. The van der Waals surface area contributed by atoms with Crippen molar-refractivity contribution in [1.29, 1.82) is 0 Å². The number of thiophene rings is 1. The van der Waals surface area contributed by atoms with Crippen molar-refractivity contribution in [3.8, 4) is 0 Å². The number of rotatable bonds is 3. The Morgan fingerprint density at radius 1 is 1.75 bits per heavy atom. The minimum atomic E-state index is -0.835. The molecule has 0 saturated heterocycles. The van der Waals surface area contributed by atoms with Gasteiger partial charge in [0, 0.05) is 0 Å². The summed E-state index contributed by atoms with van der Waals surface area (Å²) in [5.41, 5.74) is 0. The van der Waals surface area contributed by atoms with Crippen LogP contribution in [0, 0.1) is 0 Å². The highest BCUT2D eigenvalue weighted by Crippen LogP contribution is 2.15. The van der Waals surface area contributed by atoms with Gasteiger partial charge in [-0.15, -0.1) is 23.7 Å². The normalized spacial score (nSPS) is 11.4. The van der Waals surface area contributed by atoms with E-state index in [9.17, 15) is 4.79 Å². The lowest BCUT2D eigenvalue weighted by molar-refractivity contribution is -0.137. The van der Waals surface area contributed by atoms with Gasteiger partial charge in [0.2, 0.25) is 0 Å². The van der Waals surface area contributed by atoms with E-state index < -0.39 is 12.0 Å². The third kappa shape index (κ3) is 3.11. The molecule has 0 aliphatic carbocycles. The molecule has 0 fully saturated rings. The number of carboxylic acid groups (broad SMARTS) is 1. The van der Waals surface area contributed by atoms with E-state index in [0.29, 0.717) is 0 Å². The van der Waals surface area contributed by atoms with E-state index in [4.69, 9.17) is 5.11 Å². The van der Waals surface area contributed by atoms with E-state index in [2.05, 4.69) is 5.32 Å². The zero-order valence-corrected chi connectivity index (χ0v) is 8.11. The Bertz CT molecular complexity index is 238. The van der Waals surface area contributed by atoms with Crippen molar-refractivity contribution in [3.05, 3.63) is 17.5 Å². The van der Waals surface area contributed by atoms with Crippen LogP contribution >= 0.6 is 23.7 Å². The van der Waals surface area contributed by atoms with E-state index >= 15 is 0 Å². The first-order valence-electron chi connectivity index (χ1n) is 3.23. The summed E-state index contributed by atoms with van der Waals surface area (Å²) >= 11 is 1.49. The largest absolute Gasteiger partial charge is 0.480 e. The van der Waals surface area contributed by atoms with Crippen LogP contribution in [-0.4, -0.2) is 17.1 Å². The zero-order valence-electron chi connectivity index (χ0n) is 6.48. The molecule has 2 N–H and O–H groups in total. The highest BCUT2D eigenvalue weighted by atomic mass is 35.5. The third-order valence-electron chi connectivity index (χ3n) is 1.25. The highest BCUT2D eigenvalue weighted by molar-refractivity contribution is 7.14. The molecule has 1 aromatic heterocycles. The van der Waals surface area contributed by atoms with Crippen molar-refractivity contribution in [3.63, 3.8) is 0 Å². The van der Waals surface area contributed by atoms with Gasteiger partial charge < -0.3 is 10.4 Å². The van der Waals surface area contributed by atoms with Crippen molar-refractivity contribution in [2.45, 2.75) is 13.0 Å². The first kappa shape index (κ1) is 11.3. The summed E-state index contributed by atoms with van der Waals surface area (Å²) in [5, 5.41) is 14.2. The fourth-order valence-electron chi connectivity index (χ4n) is 0.636. The minimum absolute atomic E-state index is 0. The van der Waals surface area contributed by atoms with E-state index in [-0.39, 0.29) is 12.4 Å². The molecule has 0 aromatic carbocycles. The number of carboxylic acids is 1. The zero-order chi connectivity index (χ0) is 8.27. The Morgan fingerprint density at radius 3 is 2.83 bits per heavy atom. The van der Waals surface area contributed by atoms with Gasteiger partial charge in [-0.05, 0) is 24.4 Å². The molecule has 1 heterocycles. The van der Waals surface area contributed by atoms with E-state index in [1.807, 2.05) is 17.5 Å². The first-order valence-corrected chi connectivity index (χ1v) is 4.11. The van der Waals surface area contributed by atoms with E-state index in [0.717, 1.165) is 5.00 Å². The summed E-state index contributed by atoms with van der Waals surface area (Å²) in [7, 11) is 0. The second-order valence-electron chi connectivity index (χ2n) is 2.18. The molecule has 0 saturated carbocycles. The third-order valence-corrected chi connectivity index (χ3v) is 2.05. The number of halogens is 1. The maximum atomic E-state index is 10.4. The Hall–Kier alpha value is -0.740. The minimum Gasteiger partial charge on any atom is -0.480 e. The van der Waals surface area contributed by atoms with Crippen molar-refractivity contribution in [2.75, 3.05) is 5.32 Å². The van der Waals surface area contributed by atoms with Crippen LogP contribution in [0.4, 0.5) is 5.00 Å². The van der Waals surface area contributed by atoms with Gasteiger partial charge in [-0.2, -0.15) is 0 Å². The molecule has 0 aliphatic rings. The number of hydrogen-bond acceptors (Lipinski definition) is 3. The van der Waals surface area contributed by atoms with Crippen molar-refractivity contribution >= 4 is 34.7 Å². The summed E-state index contributed by atoms with van der Waals surface area (Å²) in [4.78, 5) is 10.4. The molecule has 1 unspecified atom stereocenters. The molecule has 1 rings (SSSR count). The molecular weight excluding hydrogens is 198 g/mol. The van der Waals surface area contributed by atoms with Gasteiger partial charge in [-0.1, -0.05) is 0 Å². The van der Waals surface area contributed by atoms with Gasteiger partial charge in [-0.3, -0.25) is 4.79 Å². The van der Waals surface area contributed by atoms with Crippen LogP contribution in [0.2, 0.25) is 0 Å². The standard InChI is InChI=1S/C7H9NO2S.ClH/c1-5(7(9)10)8-6-3-2-4-11-6;/h2-5,8H,1H3,(H,9,10);1H. The van der Waals surface area contributed by atoms with Gasteiger partial charge in [0.05, 0.1) is 5.00 Å². The average Bonchev–Trinajstić information content (AvgIpc) is 2.39. The summed E-state index contributed by atoms with van der Waals surface area (Å²) in [6.07, 6.45) is 0. The fraction of sp³-hybridized carbons (Fsp3) is 0.286. The average molecular weight is 208 g/mol. The number of nitrogens with one attached hydrogen (secondary N) is 1. The monoisotopic (exact) mass is 207 g/mol. The Balaban J connectivity index is 0.00000121. The molecule has 0 spiro atoms. The number of anilines is 1. The van der Waals surface area contributed by atoms with Crippen molar-refractivity contribution < 1.29 is 9.90 Å². The van der Waals surface area contributed by atoms with Crippen molar-refractivity contribution in [1.82, 2.24) is 0 Å². The fourth-order valence-corrected chi connectivity index (χ4v) is 1.34. The lowest BCUT2D eigenvalue weighted by Crippen LogP contribution is -2.24. The SMILES string of the molecule is CC(Nc1cccs1)C(=O)O.Cl. The lowest BCUT2D eigenvalue weighted by atomic mass is 10.3. The molecule has 0 amide bonds. The molecule has 0 radical (unpaired) electrons. The van der Waals surface area contributed by atoms with Crippen molar-refractivity contribution in [2.24, 2.45) is 0 Å². The molecule has 5 heteroatoms. The van der Waals surface area contributed by atoms with Crippen LogP contribution in [0.25, 0.3) is 0 Å². The second kappa shape index (κ2) is 5.00. The maximum Gasteiger partial charge on any atom is 0.325 e. The van der Waals surface area contributed by atoms with Crippen LogP contribution < -0.4 is 5.32 Å². The molecule has 68 valence electrons. The molecule has 1 atom stereocenters. The van der Waals surface area contributed by atoms with Crippen LogP contribution in [-0.2, 0) is 4.79 Å². The van der Waals surface area contributed by atoms with Crippen LogP contribution in [0.5, 0.6) is 0 Å². The van der Waals surface area contributed by atoms with Gasteiger partial charge in [0.15, 0.2) is 0 Å². The summed E-state index contributed by atoms with van der Waals surface area (Å²) in [6.45, 7) is 1.61. The number of hydrogen-bond donors (Lipinski definition) is 2. The molecule has 1 aromatic rings. The highest BCUT2D eigenvalue weighted by Gasteiger charge is 2.09. The first-order chi connectivity index (χ1) is 5.20. The van der Waals surface area contributed by atoms with Gasteiger partial charge >= 0.3 is 5.97 Å². The van der Waals surface area contributed by atoms with Crippen LogP contribution in [0.3, 0.4) is 0 Å². The smallest absolute Gasteiger partial charge is 0.325 e. The van der Waals surface area contributed by atoms with E-state index in [1.165, 1.54) is 11.3 Å².